The Morgan fingerprint density at radius 3 is 2.38 bits per heavy atom. The lowest BCUT2D eigenvalue weighted by Crippen LogP contribution is -2.14. The molecule has 0 radical (unpaired) electrons. The van der Waals surface area contributed by atoms with Gasteiger partial charge in [0.1, 0.15) is 0 Å². The molecule has 0 N–H and O–H groups in total. The summed E-state index contributed by atoms with van der Waals surface area (Å²) in [6.45, 7) is 0.124. The lowest BCUT2D eigenvalue weighted by atomic mass is 10.1. The molecule has 7 heteroatoms. The van der Waals surface area contributed by atoms with E-state index in [9.17, 15) is 9.59 Å². The zero-order valence-corrected chi connectivity index (χ0v) is 11.3. The number of benzene rings is 1. The van der Waals surface area contributed by atoms with E-state index in [0.717, 1.165) is 0 Å². The normalized spacial score (nSPS) is 12.3. The molecule has 1 aliphatic heterocycles. The summed E-state index contributed by atoms with van der Waals surface area (Å²) in [4.78, 5) is 27.8. The second kappa shape index (κ2) is 4.93. The molecule has 7 nitrogen and oxygen atoms in total. The first-order valence-electron chi connectivity index (χ1n) is 6.05. The van der Waals surface area contributed by atoms with Gasteiger partial charge >= 0.3 is 11.9 Å². The van der Waals surface area contributed by atoms with E-state index in [2.05, 4.69) is 14.5 Å². The molecule has 2 heterocycles. The zero-order valence-electron chi connectivity index (χ0n) is 11.3. The average Bonchev–Trinajstić information content (AvgIpc) is 2.96. The monoisotopic (exact) mass is 289 g/mol. The maximum atomic E-state index is 11.8. The van der Waals surface area contributed by atoms with Crippen molar-refractivity contribution >= 4 is 22.8 Å². The summed E-state index contributed by atoms with van der Waals surface area (Å²) >= 11 is 0. The summed E-state index contributed by atoms with van der Waals surface area (Å²) < 4.78 is 19.9. The molecule has 0 spiro atoms. The number of pyridine rings is 1. The van der Waals surface area contributed by atoms with Gasteiger partial charge in [0.2, 0.25) is 6.79 Å². The summed E-state index contributed by atoms with van der Waals surface area (Å²) in [5, 5.41) is 0.632. The standard InChI is InChI=1S/C14H11NO6/c1-18-13(16)8-3-7-4-10-11(21-6-20-10)5-9(7)15-12(8)14(17)19-2/h3-5H,6H2,1-2H3. The molecule has 108 valence electrons. The Hall–Kier alpha value is -2.83. The van der Waals surface area contributed by atoms with Crippen LogP contribution in [0.15, 0.2) is 18.2 Å². The Bertz CT molecular complexity index is 692. The molecular formula is C14H11NO6. The fourth-order valence-corrected chi connectivity index (χ4v) is 2.08. The summed E-state index contributed by atoms with van der Waals surface area (Å²) in [7, 11) is 2.45. The highest BCUT2D eigenvalue weighted by atomic mass is 16.7. The number of methoxy groups -OCH3 is 2. The van der Waals surface area contributed by atoms with Crippen molar-refractivity contribution in [3.05, 3.63) is 29.5 Å². The third-order valence-corrected chi connectivity index (χ3v) is 3.09. The SMILES string of the molecule is COC(=O)c1cc2cc3c(cc2nc1C(=O)OC)OCO3. The largest absolute Gasteiger partial charge is 0.465 e. The van der Waals surface area contributed by atoms with Crippen LogP contribution in [0.2, 0.25) is 0 Å². The van der Waals surface area contributed by atoms with E-state index in [-0.39, 0.29) is 18.1 Å². The van der Waals surface area contributed by atoms with E-state index in [1.165, 1.54) is 20.3 Å². The van der Waals surface area contributed by atoms with Gasteiger partial charge < -0.3 is 18.9 Å². The number of rotatable bonds is 2. The van der Waals surface area contributed by atoms with Gasteiger partial charge in [-0.15, -0.1) is 0 Å². The Morgan fingerprint density at radius 2 is 1.71 bits per heavy atom. The summed E-state index contributed by atoms with van der Waals surface area (Å²) in [5.41, 5.74) is 0.429. The minimum atomic E-state index is -0.713. The van der Waals surface area contributed by atoms with Crippen molar-refractivity contribution in [1.82, 2.24) is 4.98 Å². The number of nitrogens with zero attached hydrogens (tertiary/aromatic N) is 1. The Kier molecular flexibility index (Phi) is 3.09. The highest BCUT2D eigenvalue weighted by Gasteiger charge is 2.23. The first-order chi connectivity index (χ1) is 10.1. The molecule has 0 saturated heterocycles. The highest BCUT2D eigenvalue weighted by Crippen LogP contribution is 2.36. The molecule has 1 aromatic carbocycles. The molecule has 3 rings (SSSR count). The molecule has 0 saturated carbocycles. The number of fused-ring (bicyclic) bond motifs is 2. The Morgan fingerprint density at radius 1 is 1.05 bits per heavy atom. The molecular weight excluding hydrogens is 278 g/mol. The number of hydrogen-bond acceptors (Lipinski definition) is 7. The average molecular weight is 289 g/mol. The van der Waals surface area contributed by atoms with Crippen molar-refractivity contribution in [2.45, 2.75) is 0 Å². The number of hydrogen-bond donors (Lipinski definition) is 0. The van der Waals surface area contributed by atoms with Gasteiger partial charge in [0.05, 0.1) is 25.3 Å². The van der Waals surface area contributed by atoms with E-state index in [0.29, 0.717) is 22.4 Å². The lowest BCUT2D eigenvalue weighted by Gasteiger charge is -2.08. The number of carbonyl (C=O) groups excluding carboxylic acids is 2. The predicted molar refractivity (Wildman–Crippen MR) is 70.5 cm³/mol. The number of carbonyl (C=O) groups is 2. The fourth-order valence-electron chi connectivity index (χ4n) is 2.08. The molecule has 2 aromatic rings. The molecule has 0 fully saturated rings. The van der Waals surface area contributed by atoms with Crippen LogP contribution in [-0.2, 0) is 9.47 Å². The van der Waals surface area contributed by atoms with Crippen molar-refractivity contribution < 1.29 is 28.5 Å². The van der Waals surface area contributed by atoms with Crippen molar-refractivity contribution in [3.8, 4) is 11.5 Å². The van der Waals surface area contributed by atoms with Gasteiger partial charge in [-0.1, -0.05) is 0 Å². The van der Waals surface area contributed by atoms with Crippen molar-refractivity contribution in [3.63, 3.8) is 0 Å². The van der Waals surface area contributed by atoms with Crippen LogP contribution in [0.25, 0.3) is 10.9 Å². The quantitative estimate of drug-likeness (QED) is 0.775. The Balaban J connectivity index is 2.25. The predicted octanol–water partition coefficient (Wildman–Crippen LogP) is 1.54. The number of esters is 2. The van der Waals surface area contributed by atoms with E-state index in [4.69, 9.17) is 9.47 Å². The van der Waals surface area contributed by atoms with Crippen LogP contribution in [0.4, 0.5) is 0 Å². The second-order valence-electron chi connectivity index (χ2n) is 4.27. The first kappa shape index (κ1) is 13.2. The topological polar surface area (TPSA) is 84.0 Å². The van der Waals surface area contributed by atoms with Gasteiger partial charge in [-0.2, -0.15) is 0 Å². The smallest absolute Gasteiger partial charge is 0.357 e. The minimum absolute atomic E-state index is 0.0377. The van der Waals surface area contributed by atoms with Crippen molar-refractivity contribution in [2.75, 3.05) is 21.0 Å². The van der Waals surface area contributed by atoms with Crippen LogP contribution in [-0.4, -0.2) is 37.9 Å². The first-order valence-corrected chi connectivity index (χ1v) is 6.05. The van der Waals surface area contributed by atoms with Gasteiger partial charge in [-0.05, 0) is 12.1 Å². The molecule has 0 bridgehead atoms. The summed E-state index contributed by atoms with van der Waals surface area (Å²) in [6, 6.07) is 4.85. The molecule has 21 heavy (non-hydrogen) atoms. The van der Waals surface area contributed by atoms with E-state index >= 15 is 0 Å². The molecule has 1 aromatic heterocycles. The maximum absolute atomic E-state index is 11.8. The minimum Gasteiger partial charge on any atom is -0.465 e. The van der Waals surface area contributed by atoms with Crippen molar-refractivity contribution in [1.29, 1.82) is 0 Å². The van der Waals surface area contributed by atoms with Crippen LogP contribution in [0, 0.1) is 0 Å². The van der Waals surface area contributed by atoms with E-state index < -0.39 is 11.9 Å². The molecule has 0 aliphatic carbocycles. The second-order valence-corrected chi connectivity index (χ2v) is 4.27. The van der Waals surface area contributed by atoms with Crippen LogP contribution < -0.4 is 9.47 Å². The van der Waals surface area contributed by atoms with E-state index in [1.54, 1.807) is 12.1 Å². The lowest BCUT2D eigenvalue weighted by molar-refractivity contribution is 0.0550. The molecule has 0 amide bonds. The van der Waals surface area contributed by atoms with Gasteiger partial charge in [0, 0.05) is 11.5 Å². The third kappa shape index (κ3) is 2.12. The van der Waals surface area contributed by atoms with Crippen LogP contribution in [0.1, 0.15) is 20.8 Å². The summed E-state index contributed by atoms with van der Waals surface area (Å²) in [5.74, 6) is -0.278. The van der Waals surface area contributed by atoms with Crippen LogP contribution >= 0.6 is 0 Å². The number of ether oxygens (including phenoxy) is 4. The van der Waals surface area contributed by atoms with Gasteiger partial charge in [0.25, 0.3) is 0 Å². The molecule has 0 atom stereocenters. The van der Waals surface area contributed by atoms with Gasteiger partial charge in [0.15, 0.2) is 17.2 Å². The fraction of sp³-hybridized carbons (Fsp3) is 0.214. The Labute approximate surface area is 119 Å². The maximum Gasteiger partial charge on any atom is 0.357 e. The third-order valence-electron chi connectivity index (χ3n) is 3.09. The van der Waals surface area contributed by atoms with E-state index in [1.807, 2.05) is 0 Å². The van der Waals surface area contributed by atoms with Crippen LogP contribution in [0.3, 0.4) is 0 Å². The van der Waals surface area contributed by atoms with Crippen molar-refractivity contribution in [2.24, 2.45) is 0 Å². The summed E-state index contributed by atoms with van der Waals surface area (Å²) in [6.07, 6.45) is 0. The van der Waals surface area contributed by atoms with Gasteiger partial charge in [-0.25, -0.2) is 14.6 Å². The zero-order chi connectivity index (χ0) is 15.0. The molecule has 0 unspecified atom stereocenters. The molecule has 1 aliphatic rings. The number of aromatic nitrogens is 1. The highest BCUT2D eigenvalue weighted by molar-refractivity contribution is 6.05. The van der Waals surface area contributed by atoms with Gasteiger partial charge in [-0.3, -0.25) is 0 Å². The van der Waals surface area contributed by atoms with Crippen LogP contribution in [0.5, 0.6) is 11.5 Å².